The Labute approximate surface area is 103 Å². The van der Waals surface area contributed by atoms with Crippen LogP contribution in [0.25, 0.3) is 0 Å². The molecule has 2 rings (SSSR count). The van der Waals surface area contributed by atoms with Gasteiger partial charge in [0.2, 0.25) is 0 Å². The lowest BCUT2D eigenvalue weighted by atomic mass is 10.1. The molecule has 0 aliphatic rings. The molecule has 17 heavy (non-hydrogen) atoms. The Morgan fingerprint density at radius 1 is 1.00 bits per heavy atom. The molecule has 0 bridgehead atoms. The van der Waals surface area contributed by atoms with Gasteiger partial charge in [0.05, 0.1) is 0 Å². The molecule has 0 atom stereocenters. The van der Waals surface area contributed by atoms with Crippen LogP contribution in [0.1, 0.15) is 11.1 Å². The Morgan fingerprint density at radius 2 is 1.71 bits per heavy atom. The van der Waals surface area contributed by atoms with Gasteiger partial charge in [0.25, 0.3) is 0 Å². The highest BCUT2D eigenvalue weighted by atomic mass is 15.1. The summed E-state index contributed by atoms with van der Waals surface area (Å²) < 4.78 is 0. The summed E-state index contributed by atoms with van der Waals surface area (Å²) in [7, 11) is 2.07. The predicted octanol–water partition coefficient (Wildman–Crippen LogP) is 3.65. The zero-order chi connectivity index (χ0) is 12.4. The van der Waals surface area contributed by atoms with Crippen molar-refractivity contribution in [3.63, 3.8) is 0 Å². The van der Waals surface area contributed by atoms with Crippen molar-refractivity contribution in [1.29, 1.82) is 0 Å². The Hall–Kier alpha value is -1.96. The van der Waals surface area contributed by atoms with Crippen LogP contribution in [0.2, 0.25) is 0 Å². The topological polar surface area (TPSA) is 29.3 Å². The molecule has 2 aromatic carbocycles. The van der Waals surface area contributed by atoms with Gasteiger partial charge in [-0.3, -0.25) is 0 Å². The first-order valence-corrected chi connectivity index (χ1v) is 5.75. The SMILES string of the molecule is Cc1cccc(N(C)c2cccc(N)c2C)c1. The van der Waals surface area contributed by atoms with E-state index in [4.69, 9.17) is 5.73 Å². The summed E-state index contributed by atoms with van der Waals surface area (Å²) in [5.41, 5.74) is 11.5. The van der Waals surface area contributed by atoms with Crippen LogP contribution in [0.15, 0.2) is 42.5 Å². The predicted molar refractivity (Wildman–Crippen MR) is 74.8 cm³/mol. The molecule has 2 N–H and O–H groups in total. The van der Waals surface area contributed by atoms with Gasteiger partial charge in [0.15, 0.2) is 0 Å². The van der Waals surface area contributed by atoms with Gasteiger partial charge in [-0.15, -0.1) is 0 Å². The van der Waals surface area contributed by atoms with E-state index >= 15 is 0 Å². The quantitative estimate of drug-likeness (QED) is 0.792. The second-order valence-electron chi connectivity index (χ2n) is 4.39. The van der Waals surface area contributed by atoms with Gasteiger partial charge in [-0.05, 0) is 49.2 Å². The monoisotopic (exact) mass is 226 g/mol. The van der Waals surface area contributed by atoms with Crippen LogP contribution in [0, 0.1) is 13.8 Å². The fraction of sp³-hybridized carbons (Fsp3) is 0.200. The average Bonchev–Trinajstić information content (AvgIpc) is 2.32. The lowest BCUT2D eigenvalue weighted by Crippen LogP contribution is -2.11. The maximum Gasteiger partial charge on any atom is 0.0458 e. The van der Waals surface area contributed by atoms with Gasteiger partial charge in [0.1, 0.15) is 0 Å². The summed E-state index contributed by atoms with van der Waals surface area (Å²) in [4.78, 5) is 2.17. The summed E-state index contributed by atoms with van der Waals surface area (Å²) in [5.74, 6) is 0. The van der Waals surface area contributed by atoms with Gasteiger partial charge in [-0.1, -0.05) is 18.2 Å². The minimum absolute atomic E-state index is 0.835. The van der Waals surface area contributed by atoms with Crippen LogP contribution < -0.4 is 10.6 Å². The van der Waals surface area contributed by atoms with Crippen molar-refractivity contribution >= 4 is 17.1 Å². The van der Waals surface area contributed by atoms with E-state index in [-0.39, 0.29) is 0 Å². The molecule has 0 aromatic heterocycles. The molecule has 0 heterocycles. The molecule has 2 heteroatoms. The summed E-state index contributed by atoms with van der Waals surface area (Å²) in [6, 6.07) is 14.5. The first-order chi connectivity index (χ1) is 8.09. The smallest absolute Gasteiger partial charge is 0.0458 e. The van der Waals surface area contributed by atoms with E-state index in [0.717, 1.165) is 16.9 Å². The Morgan fingerprint density at radius 3 is 2.41 bits per heavy atom. The van der Waals surface area contributed by atoms with Crippen molar-refractivity contribution in [2.24, 2.45) is 0 Å². The lowest BCUT2D eigenvalue weighted by molar-refractivity contribution is 1.18. The fourth-order valence-electron chi connectivity index (χ4n) is 1.98. The third-order valence-corrected chi connectivity index (χ3v) is 3.10. The molecule has 0 fully saturated rings. The van der Waals surface area contributed by atoms with Crippen LogP contribution in [-0.2, 0) is 0 Å². The summed E-state index contributed by atoms with van der Waals surface area (Å²) in [6.45, 7) is 4.15. The molecule has 2 nitrogen and oxygen atoms in total. The van der Waals surface area contributed by atoms with Crippen molar-refractivity contribution in [3.05, 3.63) is 53.6 Å². The number of aryl methyl sites for hydroxylation is 1. The van der Waals surface area contributed by atoms with E-state index in [2.05, 4.69) is 56.1 Å². The van der Waals surface area contributed by atoms with Gasteiger partial charge in [-0.25, -0.2) is 0 Å². The number of hydrogen-bond donors (Lipinski definition) is 1. The van der Waals surface area contributed by atoms with Crippen molar-refractivity contribution in [2.45, 2.75) is 13.8 Å². The molecule has 0 radical (unpaired) electrons. The molecule has 0 aliphatic carbocycles. The molecule has 0 unspecified atom stereocenters. The molecule has 88 valence electrons. The normalized spacial score (nSPS) is 10.3. The van der Waals surface area contributed by atoms with Crippen molar-refractivity contribution < 1.29 is 0 Å². The number of anilines is 3. The highest BCUT2D eigenvalue weighted by Gasteiger charge is 2.08. The van der Waals surface area contributed by atoms with Gasteiger partial charge < -0.3 is 10.6 Å². The van der Waals surface area contributed by atoms with Crippen molar-refractivity contribution in [2.75, 3.05) is 17.7 Å². The number of nitrogen functional groups attached to an aromatic ring is 1. The number of nitrogens with two attached hydrogens (primary N) is 1. The van der Waals surface area contributed by atoms with Crippen LogP contribution in [-0.4, -0.2) is 7.05 Å². The van der Waals surface area contributed by atoms with Gasteiger partial charge in [-0.2, -0.15) is 0 Å². The van der Waals surface area contributed by atoms with Crippen LogP contribution >= 0.6 is 0 Å². The average molecular weight is 226 g/mol. The third kappa shape index (κ3) is 2.26. The second kappa shape index (κ2) is 4.50. The molecule has 0 amide bonds. The minimum Gasteiger partial charge on any atom is -0.398 e. The van der Waals surface area contributed by atoms with E-state index in [1.807, 2.05) is 12.1 Å². The summed E-state index contributed by atoms with van der Waals surface area (Å²) >= 11 is 0. The highest BCUT2D eigenvalue weighted by molar-refractivity contribution is 5.71. The fourth-order valence-corrected chi connectivity index (χ4v) is 1.98. The minimum atomic E-state index is 0.835. The molecular weight excluding hydrogens is 208 g/mol. The molecule has 0 spiro atoms. The highest BCUT2D eigenvalue weighted by Crippen LogP contribution is 2.29. The van der Waals surface area contributed by atoms with E-state index in [0.29, 0.717) is 0 Å². The number of hydrogen-bond acceptors (Lipinski definition) is 2. The third-order valence-electron chi connectivity index (χ3n) is 3.10. The summed E-state index contributed by atoms with van der Waals surface area (Å²) in [6.07, 6.45) is 0. The van der Waals surface area contributed by atoms with Crippen molar-refractivity contribution in [1.82, 2.24) is 0 Å². The summed E-state index contributed by atoms with van der Waals surface area (Å²) in [5, 5.41) is 0. The standard InChI is InChI=1S/C15H18N2/c1-11-6-4-7-13(10-11)17(3)15-9-5-8-14(16)12(15)2/h4-10H,16H2,1-3H3. The van der Waals surface area contributed by atoms with Crippen LogP contribution in [0.4, 0.5) is 17.1 Å². The molecular formula is C15H18N2. The maximum atomic E-state index is 5.94. The second-order valence-corrected chi connectivity index (χ2v) is 4.39. The van der Waals surface area contributed by atoms with E-state index in [1.54, 1.807) is 0 Å². The number of nitrogens with zero attached hydrogens (tertiary/aromatic N) is 1. The van der Waals surface area contributed by atoms with E-state index < -0.39 is 0 Å². The Bertz CT molecular complexity index is 532. The molecule has 2 aromatic rings. The van der Waals surface area contributed by atoms with Gasteiger partial charge >= 0.3 is 0 Å². The Balaban J connectivity index is 2.44. The molecule has 0 saturated carbocycles. The molecule has 0 aliphatic heterocycles. The van der Waals surface area contributed by atoms with E-state index in [9.17, 15) is 0 Å². The van der Waals surface area contributed by atoms with Crippen LogP contribution in [0.5, 0.6) is 0 Å². The van der Waals surface area contributed by atoms with Crippen LogP contribution in [0.3, 0.4) is 0 Å². The molecule has 0 saturated heterocycles. The number of rotatable bonds is 2. The lowest BCUT2D eigenvalue weighted by Gasteiger charge is -2.22. The van der Waals surface area contributed by atoms with Gasteiger partial charge in [0, 0.05) is 24.1 Å². The zero-order valence-electron chi connectivity index (χ0n) is 10.6. The first-order valence-electron chi connectivity index (χ1n) is 5.75. The zero-order valence-corrected chi connectivity index (χ0v) is 10.6. The van der Waals surface area contributed by atoms with Crippen molar-refractivity contribution in [3.8, 4) is 0 Å². The van der Waals surface area contributed by atoms with E-state index in [1.165, 1.54) is 11.3 Å². The number of benzene rings is 2. The Kier molecular flexibility index (Phi) is 3.05. The maximum absolute atomic E-state index is 5.94. The first kappa shape index (κ1) is 11.5. The largest absolute Gasteiger partial charge is 0.398 e.